The van der Waals surface area contributed by atoms with Gasteiger partial charge in [-0.15, -0.1) is 0 Å². The Labute approximate surface area is 161 Å². The van der Waals surface area contributed by atoms with Gasteiger partial charge in [0.15, 0.2) is 0 Å². The predicted octanol–water partition coefficient (Wildman–Crippen LogP) is 4.48. The molecule has 2 aromatic heterocycles. The minimum absolute atomic E-state index is 0.657. The molecule has 1 aliphatic carbocycles. The molecule has 6 heteroatoms. The van der Waals surface area contributed by atoms with Gasteiger partial charge in [-0.05, 0) is 64.9 Å². The van der Waals surface area contributed by atoms with E-state index < -0.39 is 0 Å². The lowest BCUT2D eigenvalue weighted by molar-refractivity contribution is 0.761. The van der Waals surface area contributed by atoms with Crippen molar-refractivity contribution < 1.29 is 0 Å². The van der Waals surface area contributed by atoms with Crippen LogP contribution in [0, 0.1) is 0 Å². The van der Waals surface area contributed by atoms with Crippen molar-refractivity contribution in [1.29, 1.82) is 0 Å². The van der Waals surface area contributed by atoms with Crippen molar-refractivity contribution in [2.75, 3.05) is 0 Å². The SMILES string of the molecule is Brc1cnn2c1C=C(C1=CCCC=CC1)CC=C2NCc1cncnc1. The molecule has 2 aromatic rings. The second kappa shape index (κ2) is 7.83. The molecule has 0 spiro atoms. The number of fused-ring (bicyclic) bond motifs is 1. The van der Waals surface area contributed by atoms with Crippen LogP contribution in [0.2, 0.25) is 0 Å². The zero-order valence-electron chi connectivity index (χ0n) is 14.4. The van der Waals surface area contributed by atoms with Crippen molar-refractivity contribution in [3.63, 3.8) is 0 Å². The number of nitrogens with one attached hydrogen (secondary N) is 1. The number of aromatic nitrogens is 4. The van der Waals surface area contributed by atoms with Crippen LogP contribution in [0.5, 0.6) is 0 Å². The molecular weight excluding hydrogens is 390 g/mol. The largest absolute Gasteiger partial charge is 0.366 e. The Morgan fingerprint density at radius 2 is 1.88 bits per heavy atom. The van der Waals surface area contributed by atoms with Gasteiger partial charge in [0.25, 0.3) is 0 Å². The van der Waals surface area contributed by atoms with E-state index in [1.165, 1.54) is 11.1 Å². The van der Waals surface area contributed by atoms with E-state index in [0.29, 0.717) is 6.54 Å². The summed E-state index contributed by atoms with van der Waals surface area (Å²) in [7, 11) is 0. The molecule has 3 heterocycles. The standard InChI is InChI=1S/C20H20BrN5/c21-18-13-25-26-19(18)9-17(16-5-3-1-2-4-6-16)7-8-20(26)24-12-15-10-22-14-23-11-15/h1,3,6,8-11,13-14,24H,2,4-5,7,12H2. The van der Waals surface area contributed by atoms with Crippen LogP contribution in [0.3, 0.4) is 0 Å². The van der Waals surface area contributed by atoms with Gasteiger partial charge in [-0.1, -0.05) is 18.2 Å². The van der Waals surface area contributed by atoms with Crippen molar-refractivity contribution in [3.8, 4) is 0 Å². The van der Waals surface area contributed by atoms with Crippen LogP contribution in [0.15, 0.2) is 64.8 Å². The van der Waals surface area contributed by atoms with Gasteiger partial charge in [0.2, 0.25) is 0 Å². The molecule has 1 aliphatic heterocycles. The maximum absolute atomic E-state index is 4.54. The van der Waals surface area contributed by atoms with Crippen molar-refractivity contribution >= 4 is 27.8 Å². The van der Waals surface area contributed by atoms with E-state index in [0.717, 1.165) is 47.2 Å². The van der Waals surface area contributed by atoms with E-state index in [-0.39, 0.29) is 0 Å². The second-order valence-electron chi connectivity index (χ2n) is 6.34. The molecule has 0 unspecified atom stereocenters. The molecule has 0 amide bonds. The topological polar surface area (TPSA) is 55.6 Å². The number of allylic oxidation sites excluding steroid dienone is 6. The Morgan fingerprint density at radius 1 is 1.00 bits per heavy atom. The number of halogens is 1. The highest BCUT2D eigenvalue weighted by Crippen LogP contribution is 2.31. The summed E-state index contributed by atoms with van der Waals surface area (Å²) in [5.41, 5.74) is 4.86. The fourth-order valence-corrected chi connectivity index (χ4v) is 3.56. The molecule has 0 fully saturated rings. The van der Waals surface area contributed by atoms with E-state index in [9.17, 15) is 0 Å². The van der Waals surface area contributed by atoms with Crippen LogP contribution in [0.4, 0.5) is 0 Å². The van der Waals surface area contributed by atoms with Crippen LogP contribution in [0.25, 0.3) is 11.9 Å². The third-order valence-corrected chi connectivity index (χ3v) is 5.15. The number of rotatable bonds is 4. The number of hydrogen-bond acceptors (Lipinski definition) is 4. The van der Waals surface area contributed by atoms with Gasteiger partial charge in [0.05, 0.1) is 16.4 Å². The van der Waals surface area contributed by atoms with Crippen LogP contribution in [-0.4, -0.2) is 19.7 Å². The maximum Gasteiger partial charge on any atom is 0.124 e. The van der Waals surface area contributed by atoms with Crippen LogP contribution < -0.4 is 5.32 Å². The first-order valence-electron chi connectivity index (χ1n) is 8.78. The normalized spacial score (nSPS) is 16.7. The van der Waals surface area contributed by atoms with Gasteiger partial charge in [-0.2, -0.15) is 5.10 Å². The average Bonchev–Trinajstić information content (AvgIpc) is 2.88. The molecule has 1 N–H and O–H groups in total. The minimum atomic E-state index is 0.657. The van der Waals surface area contributed by atoms with Gasteiger partial charge in [0.1, 0.15) is 12.1 Å². The molecule has 0 saturated heterocycles. The lowest BCUT2D eigenvalue weighted by Crippen LogP contribution is -2.18. The summed E-state index contributed by atoms with van der Waals surface area (Å²) in [6.45, 7) is 0.657. The van der Waals surface area contributed by atoms with E-state index in [1.54, 1.807) is 6.33 Å². The summed E-state index contributed by atoms with van der Waals surface area (Å²) >= 11 is 3.64. The molecule has 26 heavy (non-hydrogen) atoms. The van der Waals surface area contributed by atoms with Gasteiger partial charge in [-0.3, -0.25) is 0 Å². The lowest BCUT2D eigenvalue weighted by Gasteiger charge is -2.11. The monoisotopic (exact) mass is 409 g/mol. The molecule has 132 valence electrons. The summed E-state index contributed by atoms with van der Waals surface area (Å²) < 4.78 is 2.95. The Hall–Kier alpha value is -2.47. The van der Waals surface area contributed by atoms with Crippen molar-refractivity contribution in [3.05, 3.63) is 76.1 Å². The highest BCUT2D eigenvalue weighted by molar-refractivity contribution is 9.10. The molecule has 0 radical (unpaired) electrons. The Morgan fingerprint density at radius 3 is 2.77 bits per heavy atom. The first-order chi connectivity index (χ1) is 12.8. The number of nitrogens with zero attached hydrogens (tertiary/aromatic N) is 4. The van der Waals surface area contributed by atoms with E-state index in [2.05, 4.69) is 66.7 Å². The first-order valence-corrected chi connectivity index (χ1v) is 9.57. The summed E-state index contributed by atoms with van der Waals surface area (Å²) in [4.78, 5) is 8.15. The summed E-state index contributed by atoms with van der Waals surface area (Å²) in [5.74, 6) is 0.977. The van der Waals surface area contributed by atoms with Gasteiger partial charge < -0.3 is 5.32 Å². The van der Waals surface area contributed by atoms with E-state index in [1.807, 2.05) is 23.3 Å². The molecule has 0 bridgehead atoms. The van der Waals surface area contributed by atoms with Crippen molar-refractivity contribution in [2.24, 2.45) is 0 Å². The smallest absolute Gasteiger partial charge is 0.124 e. The van der Waals surface area contributed by atoms with Crippen molar-refractivity contribution in [2.45, 2.75) is 32.2 Å². The summed E-state index contributed by atoms with van der Waals surface area (Å²) in [6, 6.07) is 0. The fraction of sp³-hybridized carbons (Fsp3) is 0.250. The lowest BCUT2D eigenvalue weighted by atomic mass is 9.98. The zero-order chi connectivity index (χ0) is 17.8. The van der Waals surface area contributed by atoms with Crippen molar-refractivity contribution in [1.82, 2.24) is 25.1 Å². The summed E-state index contributed by atoms with van der Waals surface area (Å²) in [5, 5.41) is 8.02. The van der Waals surface area contributed by atoms with Gasteiger partial charge in [0, 0.05) is 24.5 Å². The Bertz CT molecular complexity index is 906. The van der Waals surface area contributed by atoms with Gasteiger partial charge >= 0.3 is 0 Å². The highest BCUT2D eigenvalue weighted by Gasteiger charge is 2.17. The van der Waals surface area contributed by atoms with Crippen LogP contribution in [0.1, 0.15) is 36.9 Å². The molecule has 2 aliphatic rings. The molecule has 0 saturated carbocycles. The highest BCUT2D eigenvalue weighted by atomic mass is 79.9. The fourth-order valence-electron chi connectivity index (χ4n) is 3.19. The minimum Gasteiger partial charge on any atom is -0.366 e. The third kappa shape index (κ3) is 3.70. The molecule has 0 aromatic carbocycles. The molecule has 4 rings (SSSR count). The average molecular weight is 410 g/mol. The van der Waals surface area contributed by atoms with Crippen LogP contribution >= 0.6 is 15.9 Å². The summed E-state index contributed by atoms with van der Waals surface area (Å²) in [6.07, 6.45) is 22.5. The maximum atomic E-state index is 4.54. The quantitative estimate of drug-likeness (QED) is 0.756. The third-order valence-electron chi connectivity index (χ3n) is 4.54. The Kier molecular flexibility index (Phi) is 5.11. The van der Waals surface area contributed by atoms with Gasteiger partial charge in [-0.25, -0.2) is 14.6 Å². The zero-order valence-corrected chi connectivity index (χ0v) is 16.0. The van der Waals surface area contributed by atoms with Crippen LogP contribution in [-0.2, 0) is 6.54 Å². The van der Waals surface area contributed by atoms with E-state index >= 15 is 0 Å². The molecule has 5 nitrogen and oxygen atoms in total. The number of hydrogen-bond donors (Lipinski definition) is 1. The second-order valence-corrected chi connectivity index (χ2v) is 7.19. The predicted molar refractivity (Wildman–Crippen MR) is 107 cm³/mol. The molecule has 0 atom stereocenters. The first kappa shape index (κ1) is 17.0. The van der Waals surface area contributed by atoms with E-state index in [4.69, 9.17) is 0 Å². The Balaban J connectivity index is 1.62. The molecular formula is C20H20BrN5.